The van der Waals surface area contributed by atoms with E-state index in [2.05, 4.69) is 10.2 Å². The maximum Gasteiger partial charge on any atom is 0.247 e. The first kappa shape index (κ1) is 22.2. The van der Waals surface area contributed by atoms with Crippen LogP contribution in [0.5, 0.6) is 0 Å². The molecule has 2 N–H and O–H groups in total. The molecule has 0 spiro atoms. The van der Waals surface area contributed by atoms with Gasteiger partial charge in [0.1, 0.15) is 0 Å². The molecular formula is C23H26N4O4S. The first-order valence-electron chi connectivity index (χ1n) is 10.3. The van der Waals surface area contributed by atoms with Gasteiger partial charge in [-0.3, -0.25) is 9.10 Å². The summed E-state index contributed by atoms with van der Waals surface area (Å²) in [6, 6.07) is 14.6. The van der Waals surface area contributed by atoms with Crippen LogP contribution in [-0.2, 0) is 22.0 Å². The first-order chi connectivity index (χ1) is 15.0. The number of ketones is 1. The van der Waals surface area contributed by atoms with Crippen LogP contribution in [-0.4, -0.2) is 37.7 Å². The van der Waals surface area contributed by atoms with Crippen molar-refractivity contribution >= 4 is 21.5 Å². The Labute approximate surface area is 187 Å². The topological polar surface area (TPSA) is 119 Å². The molecule has 168 valence electrons. The molecule has 3 aromatic rings. The summed E-state index contributed by atoms with van der Waals surface area (Å²) in [4.78, 5) is 12.7. The molecule has 1 aromatic heterocycles. The van der Waals surface area contributed by atoms with Crippen LogP contribution in [0.1, 0.15) is 41.6 Å². The van der Waals surface area contributed by atoms with Gasteiger partial charge in [-0.1, -0.05) is 30.3 Å². The summed E-state index contributed by atoms with van der Waals surface area (Å²) in [7, 11) is -2.08. The normalized spacial score (nSPS) is 15.9. The summed E-state index contributed by atoms with van der Waals surface area (Å²) in [6.07, 6.45) is 3.29. The SMILES string of the molecule is CN(c1cc(C(=O)C2CC2)cc(-c2nnc([C@](C)(N)Cc3ccccc3)o2)c1)S(C)(=O)=O. The fourth-order valence-electron chi connectivity index (χ4n) is 3.50. The second-order valence-corrected chi connectivity index (χ2v) is 10.6. The smallest absolute Gasteiger partial charge is 0.247 e. The molecule has 9 heteroatoms. The molecule has 0 radical (unpaired) electrons. The number of nitrogens with zero attached hydrogens (tertiary/aromatic N) is 3. The van der Waals surface area contributed by atoms with Crippen LogP contribution in [0.25, 0.3) is 11.5 Å². The Hall–Kier alpha value is -3.04. The van der Waals surface area contributed by atoms with Gasteiger partial charge in [0.05, 0.1) is 17.5 Å². The molecule has 1 fully saturated rings. The van der Waals surface area contributed by atoms with E-state index in [0.717, 1.165) is 29.0 Å². The van der Waals surface area contributed by atoms with Crippen LogP contribution in [0.4, 0.5) is 5.69 Å². The van der Waals surface area contributed by atoms with Crippen LogP contribution >= 0.6 is 0 Å². The van der Waals surface area contributed by atoms with E-state index in [0.29, 0.717) is 23.2 Å². The summed E-state index contributed by atoms with van der Waals surface area (Å²) in [5, 5.41) is 8.29. The quantitative estimate of drug-likeness (QED) is 0.519. The molecular weight excluding hydrogens is 428 g/mol. The highest BCUT2D eigenvalue weighted by Crippen LogP contribution is 2.36. The van der Waals surface area contributed by atoms with Gasteiger partial charge in [0.15, 0.2) is 5.78 Å². The fourth-order valence-corrected chi connectivity index (χ4v) is 3.99. The van der Waals surface area contributed by atoms with Gasteiger partial charge in [-0.2, -0.15) is 0 Å². The van der Waals surface area contributed by atoms with Crippen LogP contribution in [0.15, 0.2) is 52.9 Å². The molecule has 0 bridgehead atoms. The minimum Gasteiger partial charge on any atom is -0.419 e. The van der Waals surface area contributed by atoms with Crippen molar-refractivity contribution in [2.24, 2.45) is 11.7 Å². The van der Waals surface area contributed by atoms with Crippen LogP contribution in [0, 0.1) is 5.92 Å². The molecule has 8 nitrogen and oxygen atoms in total. The largest absolute Gasteiger partial charge is 0.419 e. The van der Waals surface area contributed by atoms with E-state index < -0.39 is 15.6 Å². The lowest BCUT2D eigenvalue weighted by Crippen LogP contribution is -2.35. The number of rotatable bonds is 8. The summed E-state index contributed by atoms with van der Waals surface area (Å²) >= 11 is 0. The molecule has 4 rings (SSSR count). The van der Waals surface area contributed by atoms with E-state index in [4.69, 9.17) is 10.2 Å². The monoisotopic (exact) mass is 454 g/mol. The Balaban J connectivity index is 1.70. The Kier molecular flexibility index (Phi) is 5.64. The van der Waals surface area contributed by atoms with Crippen molar-refractivity contribution in [1.29, 1.82) is 0 Å². The van der Waals surface area contributed by atoms with Gasteiger partial charge in [-0.25, -0.2) is 8.42 Å². The first-order valence-corrected chi connectivity index (χ1v) is 12.2. The van der Waals surface area contributed by atoms with E-state index in [1.807, 2.05) is 37.3 Å². The third-order valence-corrected chi connectivity index (χ3v) is 6.79. The van der Waals surface area contributed by atoms with E-state index in [1.54, 1.807) is 18.2 Å². The van der Waals surface area contributed by atoms with E-state index >= 15 is 0 Å². The Morgan fingerprint density at radius 2 is 1.88 bits per heavy atom. The van der Waals surface area contributed by atoms with Crippen molar-refractivity contribution in [1.82, 2.24) is 10.2 Å². The number of nitrogens with two attached hydrogens (primary N) is 1. The molecule has 0 aliphatic heterocycles. The Bertz CT molecular complexity index is 1250. The molecule has 2 aromatic carbocycles. The molecule has 1 atom stereocenters. The number of anilines is 1. The van der Waals surface area contributed by atoms with Crippen LogP contribution in [0.2, 0.25) is 0 Å². The van der Waals surface area contributed by atoms with Gasteiger partial charge in [-0.05, 0) is 49.9 Å². The highest BCUT2D eigenvalue weighted by Gasteiger charge is 2.32. The Morgan fingerprint density at radius 3 is 2.50 bits per heavy atom. The number of carbonyl (C=O) groups excluding carboxylic acids is 1. The van der Waals surface area contributed by atoms with Gasteiger partial charge >= 0.3 is 0 Å². The predicted octanol–water partition coefficient (Wildman–Crippen LogP) is 3.14. The number of Topliss-reactive ketones (excluding diaryl/α,β-unsaturated/α-hetero) is 1. The maximum absolute atomic E-state index is 12.7. The van der Waals surface area contributed by atoms with Gasteiger partial charge in [0.2, 0.25) is 21.8 Å². The van der Waals surface area contributed by atoms with Gasteiger partial charge in [-0.15, -0.1) is 10.2 Å². The zero-order valence-electron chi connectivity index (χ0n) is 18.3. The predicted molar refractivity (Wildman–Crippen MR) is 122 cm³/mol. The second kappa shape index (κ2) is 8.14. The molecule has 0 amide bonds. The van der Waals surface area contributed by atoms with Crippen molar-refractivity contribution in [2.75, 3.05) is 17.6 Å². The Morgan fingerprint density at radius 1 is 1.19 bits per heavy atom. The van der Waals surface area contributed by atoms with E-state index in [-0.39, 0.29) is 23.5 Å². The van der Waals surface area contributed by atoms with Crippen molar-refractivity contribution in [3.8, 4) is 11.5 Å². The number of hydrogen-bond donors (Lipinski definition) is 1. The lowest BCUT2D eigenvalue weighted by molar-refractivity contribution is 0.0967. The van der Waals surface area contributed by atoms with Gasteiger partial charge in [0.25, 0.3) is 0 Å². The minimum absolute atomic E-state index is 0.0116. The average Bonchev–Trinajstić information content (AvgIpc) is 3.47. The van der Waals surface area contributed by atoms with E-state index in [1.165, 1.54) is 7.05 Å². The molecule has 0 saturated heterocycles. The lowest BCUT2D eigenvalue weighted by atomic mass is 9.94. The van der Waals surface area contributed by atoms with Crippen LogP contribution < -0.4 is 10.0 Å². The van der Waals surface area contributed by atoms with Crippen molar-refractivity contribution in [2.45, 2.75) is 31.7 Å². The summed E-state index contributed by atoms with van der Waals surface area (Å²) in [5.41, 5.74) is 7.87. The third-order valence-electron chi connectivity index (χ3n) is 5.59. The van der Waals surface area contributed by atoms with Crippen LogP contribution in [0.3, 0.4) is 0 Å². The fraction of sp³-hybridized carbons (Fsp3) is 0.348. The minimum atomic E-state index is -3.52. The highest BCUT2D eigenvalue weighted by molar-refractivity contribution is 7.92. The summed E-state index contributed by atoms with van der Waals surface area (Å²) < 4.78 is 31.2. The second-order valence-electron chi connectivity index (χ2n) is 8.63. The van der Waals surface area contributed by atoms with E-state index in [9.17, 15) is 13.2 Å². The third kappa shape index (κ3) is 4.73. The standard InChI is InChI=1S/C23H26N4O4S/c1-23(24,14-15-7-5-4-6-8-15)22-26-25-21(31-22)18-11-17(20(28)16-9-10-16)12-19(13-18)27(2)32(3,29)30/h4-8,11-13,16H,9-10,14,24H2,1-3H3/t23-/m1/s1. The number of aromatic nitrogens is 2. The zero-order chi connectivity index (χ0) is 23.1. The molecule has 1 heterocycles. The number of hydrogen-bond acceptors (Lipinski definition) is 7. The number of sulfonamides is 1. The summed E-state index contributed by atoms with van der Waals surface area (Å²) in [5.74, 6) is 0.409. The number of carbonyl (C=O) groups is 1. The summed E-state index contributed by atoms with van der Waals surface area (Å²) in [6.45, 7) is 1.81. The van der Waals surface area contributed by atoms with Crippen molar-refractivity contribution < 1.29 is 17.6 Å². The van der Waals surface area contributed by atoms with Crippen molar-refractivity contribution in [3.63, 3.8) is 0 Å². The maximum atomic E-state index is 12.7. The number of benzene rings is 2. The van der Waals surface area contributed by atoms with Crippen molar-refractivity contribution in [3.05, 3.63) is 65.5 Å². The zero-order valence-corrected chi connectivity index (χ0v) is 19.1. The molecule has 1 aliphatic carbocycles. The molecule has 1 aliphatic rings. The molecule has 0 unspecified atom stereocenters. The lowest BCUT2D eigenvalue weighted by Gasteiger charge is -2.20. The van der Waals surface area contributed by atoms with Gasteiger partial charge in [0, 0.05) is 24.1 Å². The molecule has 1 saturated carbocycles. The highest BCUT2D eigenvalue weighted by atomic mass is 32.2. The van der Waals surface area contributed by atoms with Gasteiger partial charge < -0.3 is 10.2 Å². The molecule has 32 heavy (non-hydrogen) atoms. The average molecular weight is 455 g/mol.